The minimum absolute atomic E-state index is 0.145. The number of amides is 1. The fourth-order valence-corrected chi connectivity index (χ4v) is 3.95. The lowest BCUT2D eigenvalue weighted by molar-refractivity contribution is 0.0653. The van der Waals surface area contributed by atoms with E-state index in [1.165, 1.54) is 4.57 Å². The highest BCUT2D eigenvalue weighted by atomic mass is 35.5. The molecule has 162 valence electrons. The number of fused-ring (bicyclic) bond motifs is 2. The number of hydrogen-bond donors (Lipinski definition) is 0. The van der Waals surface area contributed by atoms with Gasteiger partial charge < -0.3 is 14.4 Å². The van der Waals surface area contributed by atoms with Crippen LogP contribution in [0.1, 0.15) is 43.0 Å². The Morgan fingerprint density at radius 1 is 1.16 bits per heavy atom. The van der Waals surface area contributed by atoms with Gasteiger partial charge in [0.15, 0.2) is 11.5 Å². The van der Waals surface area contributed by atoms with Gasteiger partial charge in [0, 0.05) is 24.2 Å². The summed E-state index contributed by atoms with van der Waals surface area (Å²) in [5.41, 5.74) is 0.845. The predicted molar refractivity (Wildman–Crippen MR) is 119 cm³/mol. The molecule has 0 spiro atoms. The molecule has 1 atom stereocenters. The van der Waals surface area contributed by atoms with Crippen LogP contribution in [0.2, 0.25) is 5.02 Å². The lowest BCUT2D eigenvalue weighted by Gasteiger charge is -2.31. The molecule has 1 aliphatic heterocycles. The summed E-state index contributed by atoms with van der Waals surface area (Å²) in [6.45, 7) is 6.62. The molecule has 0 saturated heterocycles. The van der Waals surface area contributed by atoms with Crippen LogP contribution in [-0.2, 0) is 7.05 Å². The zero-order valence-corrected chi connectivity index (χ0v) is 18.6. The maximum Gasteiger partial charge on any atom is 0.261 e. The number of nitrogens with zero attached hydrogens (tertiary/aromatic N) is 3. The summed E-state index contributed by atoms with van der Waals surface area (Å²) in [6, 6.07) is 9.77. The highest BCUT2D eigenvalue weighted by Crippen LogP contribution is 2.33. The van der Waals surface area contributed by atoms with Crippen LogP contribution in [0.5, 0.6) is 11.5 Å². The van der Waals surface area contributed by atoms with Gasteiger partial charge in [-0.3, -0.25) is 14.2 Å². The first-order valence-electron chi connectivity index (χ1n) is 10.1. The van der Waals surface area contributed by atoms with E-state index in [-0.39, 0.29) is 24.2 Å². The smallest absolute Gasteiger partial charge is 0.261 e. The Bertz CT molecular complexity index is 1220. The summed E-state index contributed by atoms with van der Waals surface area (Å²) in [5, 5.41) is 0.926. The molecule has 1 aromatic heterocycles. The van der Waals surface area contributed by atoms with Crippen molar-refractivity contribution in [3.8, 4) is 11.5 Å². The van der Waals surface area contributed by atoms with Gasteiger partial charge in [-0.2, -0.15) is 0 Å². The Kier molecular flexibility index (Phi) is 5.62. The maximum atomic E-state index is 13.5. The Morgan fingerprint density at radius 2 is 1.90 bits per heavy atom. The normalized spacial score (nSPS) is 13.6. The van der Waals surface area contributed by atoms with Gasteiger partial charge in [-0.15, -0.1) is 0 Å². The fourth-order valence-electron chi connectivity index (χ4n) is 3.78. The molecule has 8 heteroatoms. The summed E-state index contributed by atoms with van der Waals surface area (Å²) in [4.78, 5) is 32.9. The predicted octanol–water partition coefficient (Wildman–Crippen LogP) is 4.18. The molecule has 0 saturated carbocycles. The SMILES string of the molecule is CC(C)CN(C(=O)c1ccc2c(c1)OCO2)C(C)c1nc2ccc(Cl)cc2c(=O)n1C. The number of aromatic nitrogens is 2. The third-order valence-corrected chi connectivity index (χ3v) is 5.59. The van der Waals surface area contributed by atoms with Gasteiger partial charge in [0.25, 0.3) is 11.5 Å². The zero-order valence-electron chi connectivity index (χ0n) is 17.9. The van der Waals surface area contributed by atoms with E-state index in [0.717, 1.165) is 0 Å². The van der Waals surface area contributed by atoms with Crippen molar-refractivity contribution in [1.29, 1.82) is 0 Å². The van der Waals surface area contributed by atoms with E-state index in [2.05, 4.69) is 0 Å². The van der Waals surface area contributed by atoms with Crippen molar-refractivity contribution in [2.75, 3.05) is 13.3 Å². The minimum Gasteiger partial charge on any atom is -0.454 e. The minimum atomic E-state index is -0.432. The van der Waals surface area contributed by atoms with E-state index in [4.69, 9.17) is 26.1 Å². The van der Waals surface area contributed by atoms with E-state index < -0.39 is 6.04 Å². The van der Waals surface area contributed by atoms with Crippen LogP contribution in [0.3, 0.4) is 0 Å². The van der Waals surface area contributed by atoms with E-state index in [0.29, 0.717) is 45.4 Å². The standard InChI is InChI=1S/C23H24ClN3O4/c1-13(2)11-27(22(28)15-5-8-19-20(9-15)31-12-30-19)14(3)21-25-18-7-6-16(24)10-17(18)23(29)26(21)4/h5-10,13-14H,11-12H2,1-4H3. The number of hydrogen-bond acceptors (Lipinski definition) is 5. The molecule has 1 aliphatic rings. The summed E-state index contributed by atoms with van der Waals surface area (Å²) in [7, 11) is 1.67. The summed E-state index contributed by atoms with van der Waals surface area (Å²) in [5.74, 6) is 1.74. The quantitative estimate of drug-likeness (QED) is 0.594. The van der Waals surface area contributed by atoms with Crippen LogP contribution in [0, 0.1) is 5.92 Å². The molecule has 4 rings (SSSR count). The third-order valence-electron chi connectivity index (χ3n) is 5.36. The highest BCUT2D eigenvalue weighted by Gasteiger charge is 2.28. The van der Waals surface area contributed by atoms with Gasteiger partial charge in [0.05, 0.1) is 16.9 Å². The van der Waals surface area contributed by atoms with E-state index in [1.54, 1.807) is 48.3 Å². The van der Waals surface area contributed by atoms with Gasteiger partial charge in [-0.05, 0) is 49.2 Å². The molecule has 3 aromatic rings. The van der Waals surface area contributed by atoms with Crippen LogP contribution in [0.4, 0.5) is 0 Å². The van der Waals surface area contributed by atoms with E-state index >= 15 is 0 Å². The van der Waals surface area contributed by atoms with E-state index in [1.807, 2.05) is 20.8 Å². The van der Waals surface area contributed by atoms with Crippen molar-refractivity contribution >= 4 is 28.4 Å². The Hall–Kier alpha value is -3.06. The highest BCUT2D eigenvalue weighted by molar-refractivity contribution is 6.31. The number of halogens is 1. The van der Waals surface area contributed by atoms with Gasteiger partial charge in [0.1, 0.15) is 5.82 Å². The topological polar surface area (TPSA) is 73.7 Å². The summed E-state index contributed by atoms with van der Waals surface area (Å²) < 4.78 is 12.3. The van der Waals surface area contributed by atoms with Crippen molar-refractivity contribution in [2.45, 2.75) is 26.8 Å². The van der Waals surface area contributed by atoms with Crippen molar-refractivity contribution < 1.29 is 14.3 Å². The third kappa shape index (κ3) is 3.97. The first-order valence-corrected chi connectivity index (χ1v) is 10.5. The van der Waals surface area contributed by atoms with Crippen LogP contribution < -0.4 is 15.0 Å². The largest absolute Gasteiger partial charge is 0.454 e. The molecule has 2 heterocycles. The molecule has 31 heavy (non-hydrogen) atoms. The van der Waals surface area contributed by atoms with Crippen LogP contribution in [0.15, 0.2) is 41.2 Å². The van der Waals surface area contributed by atoms with Gasteiger partial charge in [0.2, 0.25) is 6.79 Å². The van der Waals surface area contributed by atoms with Crippen molar-refractivity contribution in [3.63, 3.8) is 0 Å². The lowest BCUT2D eigenvalue weighted by Crippen LogP contribution is -2.39. The molecule has 0 aliphatic carbocycles. The second-order valence-corrected chi connectivity index (χ2v) is 8.53. The Balaban J connectivity index is 1.76. The second-order valence-electron chi connectivity index (χ2n) is 8.09. The van der Waals surface area contributed by atoms with Crippen LogP contribution in [-0.4, -0.2) is 33.7 Å². The summed E-state index contributed by atoms with van der Waals surface area (Å²) >= 11 is 6.05. The number of benzene rings is 2. The van der Waals surface area contributed by atoms with Crippen molar-refractivity contribution in [3.05, 3.63) is 63.2 Å². The second kappa shape index (κ2) is 8.23. The van der Waals surface area contributed by atoms with Crippen molar-refractivity contribution in [1.82, 2.24) is 14.5 Å². The number of ether oxygens (including phenoxy) is 2. The molecule has 0 fully saturated rings. The first kappa shape index (κ1) is 21.2. The fraction of sp³-hybridized carbons (Fsp3) is 0.348. The Morgan fingerprint density at radius 3 is 2.65 bits per heavy atom. The molecule has 2 aromatic carbocycles. The molecule has 7 nitrogen and oxygen atoms in total. The Labute approximate surface area is 185 Å². The molecule has 0 radical (unpaired) electrons. The molecular formula is C23H24ClN3O4. The molecule has 1 amide bonds. The average Bonchev–Trinajstić information content (AvgIpc) is 3.21. The lowest BCUT2D eigenvalue weighted by atomic mass is 10.1. The summed E-state index contributed by atoms with van der Waals surface area (Å²) in [6.07, 6.45) is 0. The molecule has 1 unspecified atom stereocenters. The van der Waals surface area contributed by atoms with Gasteiger partial charge in [-0.1, -0.05) is 25.4 Å². The first-order chi connectivity index (χ1) is 14.8. The van der Waals surface area contributed by atoms with Gasteiger partial charge >= 0.3 is 0 Å². The number of carbonyl (C=O) groups excluding carboxylic acids is 1. The molecular weight excluding hydrogens is 418 g/mol. The average molecular weight is 442 g/mol. The van der Waals surface area contributed by atoms with Gasteiger partial charge in [-0.25, -0.2) is 4.98 Å². The monoisotopic (exact) mass is 441 g/mol. The zero-order chi connectivity index (χ0) is 22.3. The molecule has 0 N–H and O–H groups in total. The number of carbonyl (C=O) groups is 1. The number of rotatable bonds is 5. The van der Waals surface area contributed by atoms with Crippen molar-refractivity contribution in [2.24, 2.45) is 13.0 Å². The molecule has 0 bridgehead atoms. The van der Waals surface area contributed by atoms with E-state index in [9.17, 15) is 9.59 Å². The van der Waals surface area contributed by atoms with Crippen LogP contribution >= 0.6 is 11.6 Å². The maximum absolute atomic E-state index is 13.5. The van der Waals surface area contributed by atoms with Crippen LogP contribution in [0.25, 0.3) is 10.9 Å².